The Labute approximate surface area is 174 Å². The maximum atomic E-state index is 5.48. The number of benzene rings is 1. The summed E-state index contributed by atoms with van der Waals surface area (Å²) < 4.78 is 16.2. The van der Waals surface area contributed by atoms with Crippen LogP contribution in [0.5, 0.6) is 17.2 Å². The minimum absolute atomic E-state index is 0. The highest BCUT2D eigenvalue weighted by Gasteiger charge is 2.15. The van der Waals surface area contributed by atoms with Gasteiger partial charge in [-0.1, -0.05) is 19.3 Å². The summed E-state index contributed by atoms with van der Waals surface area (Å²) in [6.07, 6.45) is 6.35. The lowest BCUT2D eigenvalue weighted by molar-refractivity contribution is 0.347. The molecule has 1 aliphatic rings. The number of rotatable bonds is 7. The standard InChI is InChI=1S/C19H31N3O3.HI/c1-5-20-19(22-15-9-7-6-8-10-15)21-13-14-11-17(24-3)18(25-4)12-16(14)23-2;/h11-12,15H,5-10,13H2,1-4H3,(H2,20,21,22);1H. The van der Waals surface area contributed by atoms with Crippen molar-refractivity contribution in [3.8, 4) is 17.2 Å². The van der Waals surface area contributed by atoms with Crippen molar-refractivity contribution in [2.45, 2.75) is 51.6 Å². The van der Waals surface area contributed by atoms with Gasteiger partial charge in [-0.25, -0.2) is 4.99 Å². The Morgan fingerprint density at radius 2 is 1.62 bits per heavy atom. The highest BCUT2D eigenvalue weighted by Crippen LogP contribution is 2.34. The lowest BCUT2D eigenvalue weighted by Gasteiger charge is -2.25. The molecule has 0 heterocycles. The molecule has 1 aromatic rings. The molecule has 1 fully saturated rings. The summed E-state index contributed by atoms with van der Waals surface area (Å²) in [6, 6.07) is 4.27. The molecule has 0 amide bonds. The van der Waals surface area contributed by atoms with Crippen molar-refractivity contribution in [1.29, 1.82) is 0 Å². The molecule has 148 valence electrons. The van der Waals surface area contributed by atoms with Crippen LogP contribution in [0, 0.1) is 0 Å². The van der Waals surface area contributed by atoms with Crippen molar-refractivity contribution < 1.29 is 14.2 Å². The number of nitrogens with one attached hydrogen (secondary N) is 2. The average Bonchev–Trinajstić information content (AvgIpc) is 2.66. The van der Waals surface area contributed by atoms with Gasteiger partial charge in [0.05, 0.1) is 27.9 Å². The van der Waals surface area contributed by atoms with E-state index in [2.05, 4.69) is 17.6 Å². The number of hydrogen-bond donors (Lipinski definition) is 2. The topological polar surface area (TPSA) is 64.1 Å². The summed E-state index contributed by atoms with van der Waals surface area (Å²) in [5.41, 5.74) is 0.959. The summed E-state index contributed by atoms with van der Waals surface area (Å²) in [7, 11) is 4.90. The van der Waals surface area contributed by atoms with Gasteiger partial charge >= 0.3 is 0 Å². The van der Waals surface area contributed by atoms with Crippen LogP contribution < -0.4 is 24.8 Å². The molecule has 0 radical (unpaired) electrons. The van der Waals surface area contributed by atoms with E-state index in [1.165, 1.54) is 32.1 Å². The Morgan fingerprint density at radius 3 is 2.19 bits per heavy atom. The fourth-order valence-corrected chi connectivity index (χ4v) is 3.14. The second kappa shape index (κ2) is 12.1. The largest absolute Gasteiger partial charge is 0.496 e. The summed E-state index contributed by atoms with van der Waals surface area (Å²) in [4.78, 5) is 4.74. The SMILES string of the molecule is CCNC(=NCc1cc(OC)c(OC)cc1OC)NC1CCCCC1.I. The van der Waals surface area contributed by atoms with E-state index >= 15 is 0 Å². The van der Waals surface area contributed by atoms with Crippen molar-refractivity contribution in [2.75, 3.05) is 27.9 Å². The number of ether oxygens (including phenoxy) is 3. The molecule has 0 bridgehead atoms. The quantitative estimate of drug-likeness (QED) is 0.356. The van der Waals surface area contributed by atoms with E-state index in [9.17, 15) is 0 Å². The van der Waals surface area contributed by atoms with E-state index in [-0.39, 0.29) is 24.0 Å². The molecule has 6 nitrogen and oxygen atoms in total. The predicted octanol–water partition coefficient (Wildman–Crippen LogP) is 3.72. The van der Waals surface area contributed by atoms with Gasteiger partial charge < -0.3 is 24.8 Å². The maximum Gasteiger partial charge on any atom is 0.191 e. The molecule has 0 saturated heterocycles. The maximum absolute atomic E-state index is 5.48. The molecule has 26 heavy (non-hydrogen) atoms. The molecule has 2 rings (SSSR count). The third-order valence-electron chi connectivity index (χ3n) is 4.48. The number of halogens is 1. The van der Waals surface area contributed by atoms with Crippen molar-refractivity contribution in [3.63, 3.8) is 0 Å². The Hall–Kier alpha value is -1.38. The van der Waals surface area contributed by atoms with Gasteiger partial charge in [0.1, 0.15) is 5.75 Å². The molecule has 0 spiro atoms. The zero-order valence-corrected chi connectivity index (χ0v) is 18.6. The Kier molecular flexibility index (Phi) is 10.5. The van der Waals surface area contributed by atoms with E-state index in [0.717, 1.165) is 23.8 Å². The summed E-state index contributed by atoms with van der Waals surface area (Å²) in [6.45, 7) is 3.42. The Bertz CT molecular complexity index is 575. The van der Waals surface area contributed by atoms with Crippen molar-refractivity contribution in [1.82, 2.24) is 10.6 Å². The smallest absolute Gasteiger partial charge is 0.191 e. The highest BCUT2D eigenvalue weighted by molar-refractivity contribution is 14.0. The first-order valence-electron chi connectivity index (χ1n) is 9.05. The third-order valence-corrected chi connectivity index (χ3v) is 4.48. The van der Waals surface area contributed by atoms with Crippen molar-refractivity contribution >= 4 is 29.9 Å². The van der Waals surface area contributed by atoms with Gasteiger partial charge in [0, 0.05) is 24.2 Å². The normalized spacial score (nSPS) is 15.0. The van der Waals surface area contributed by atoms with Gasteiger partial charge in [-0.3, -0.25) is 0 Å². The van der Waals surface area contributed by atoms with Crippen LogP contribution in [0.2, 0.25) is 0 Å². The molecule has 0 atom stereocenters. The minimum Gasteiger partial charge on any atom is -0.496 e. The van der Waals surface area contributed by atoms with Gasteiger partial charge in [0.25, 0.3) is 0 Å². The molecular formula is C19H32IN3O3. The molecule has 0 aromatic heterocycles. The number of hydrogen-bond acceptors (Lipinski definition) is 4. The van der Waals surface area contributed by atoms with Crippen LogP contribution in [-0.2, 0) is 6.54 Å². The zero-order chi connectivity index (χ0) is 18.1. The monoisotopic (exact) mass is 477 g/mol. The minimum atomic E-state index is 0. The molecule has 7 heteroatoms. The van der Waals surface area contributed by atoms with E-state index < -0.39 is 0 Å². The lowest BCUT2D eigenvalue weighted by atomic mass is 9.96. The van der Waals surface area contributed by atoms with Crippen LogP contribution in [0.1, 0.15) is 44.6 Å². The number of aliphatic imine (C=N–C) groups is 1. The van der Waals surface area contributed by atoms with Crippen molar-refractivity contribution in [2.24, 2.45) is 4.99 Å². The van der Waals surface area contributed by atoms with E-state index in [0.29, 0.717) is 24.1 Å². The lowest BCUT2D eigenvalue weighted by Crippen LogP contribution is -2.44. The summed E-state index contributed by atoms with van der Waals surface area (Å²) in [5, 5.41) is 6.89. The summed E-state index contributed by atoms with van der Waals surface area (Å²) >= 11 is 0. The van der Waals surface area contributed by atoms with Gasteiger partial charge in [-0.05, 0) is 25.8 Å². The Morgan fingerprint density at radius 1 is 1.00 bits per heavy atom. The molecular weight excluding hydrogens is 445 g/mol. The van der Waals surface area contributed by atoms with Crippen LogP contribution in [0.4, 0.5) is 0 Å². The molecule has 1 aromatic carbocycles. The van der Waals surface area contributed by atoms with Crippen LogP contribution in [0.3, 0.4) is 0 Å². The molecule has 0 aliphatic heterocycles. The van der Waals surface area contributed by atoms with Gasteiger partial charge in [0.15, 0.2) is 17.5 Å². The molecule has 0 unspecified atom stereocenters. The average molecular weight is 477 g/mol. The highest BCUT2D eigenvalue weighted by atomic mass is 127. The zero-order valence-electron chi connectivity index (χ0n) is 16.3. The fraction of sp³-hybridized carbons (Fsp3) is 0.632. The fourth-order valence-electron chi connectivity index (χ4n) is 3.14. The Balaban J connectivity index is 0.00000338. The second-order valence-corrected chi connectivity index (χ2v) is 6.19. The molecule has 2 N–H and O–H groups in total. The number of nitrogens with zero attached hydrogens (tertiary/aromatic N) is 1. The number of guanidine groups is 1. The van der Waals surface area contributed by atoms with Crippen molar-refractivity contribution in [3.05, 3.63) is 17.7 Å². The predicted molar refractivity (Wildman–Crippen MR) is 116 cm³/mol. The van der Waals surface area contributed by atoms with Crippen LogP contribution in [-0.4, -0.2) is 39.9 Å². The second-order valence-electron chi connectivity index (χ2n) is 6.19. The van der Waals surface area contributed by atoms with Gasteiger partial charge in [-0.2, -0.15) is 0 Å². The van der Waals surface area contributed by atoms with Gasteiger partial charge in [-0.15, -0.1) is 24.0 Å². The third kappa shape index (κ3) is 6.41. The van der Waals surface area contributed by atoms with Crippen LogP contribution in [0.25, 0.3) is 0 Å². The van der Waals surface area contributed by atoms with Gasteiger partial charge in [0.2, 0.25) is 0 Å². The van der Waals surface area contributed by atoms with Crippen LogP contribution >= 0.6 is 24.0 Å². The van der Waals surface area contributed by atoms with E-state index in [1.54, 1.807) is 21.3 Å². The first kappa shape index (κ1) is 22.7. The van der Waals surface area contributed by atoms with E-state index in [1.807, 2.05) is 12.1 Å². The molecule has 1 aliphatic carbocycles. The number of methoxy groups -OCH3 is 3. The first-order chi connectivity index (χ1) is 12.2. The van der Waals surface area contributed by atoms with Crippen LogP contribution in [0.15, 0.2) is 17.1 Å². The molecule has 1 saturated carbocycles. The summed E-state index contributed by atoms with van der Waals surface area (Å²) in [5.74, 6) is 2.93. The van der Waals surface area contributed by atoms with E-state index in [4.69, 9.17) is 19.2 Å². The first-order valence-corrected chi connectivity index (χ1v) is 9.05.